The van der Waals surface area contributed by atoms with Crippen LogP contribution in [-0.2, 0) is 23.9 Å². The minimum absolute atomic E-state index is 0.131. The predicted octanol–water partition coefficient (Wildman–Crippen LogP) is 4.34. The zero-order chi connectivity index (χ0) is 25.7. The first-order valence-electron chi connectivity index (χ1n) is 10.4. The molecule has 13 heteroatoms. The molecule has 3 rings (SSSR count). The Morgan fingerprint density at radius 1 is 0.829 bits per heavy atom. The zero-order valence-electron chi connectivity index (χ0n) is 19.7. The van der Waals surface area contributed by atoms with Crippen molar-refractivity contribution in [3.8, 4) is 0 Å². The van der Waals surface area contributed by atoms with Gasteiger partial charge in [0.1, 0.15) is 0 Å². The molecule has 2 aromatic carbocycles. The fourth-order valence-electron chi connectivity index (χ4n) is 2.89. The monoisotopic (exact) mass is 518 g/mol. The normalized spacial score (nSPS) is 18.4. The van der Waals surface area contributed by atoms with Crippen molar-refractivity contribution in [2.75, 3.05) is 33.1 Å². The van der Waals surface area contributed by atoms with Crippen molar-refractivity contribution < 1.29 is 20.5 Å². The van der Waals surface area contributed by atoms with Gasteiger partial charge in [-0.3, -0.25) is 5.01 Å². The van der Waals surface area contributed by atoms with Crippen LogP contribution < -0.4 is 4.90 Å². The van der Waals surface area contributed by atoms with E-state index in [9.17, 15) is 16.8 Å². The smallest absolute Gasteiger partial charge is 0.314 e. The molecule has 186 valence electrons. The summed E-state index contributed by atoms with van der Waals surface area (Å²) in [6.45, 7) is 0. The van der Waals surface area contributed by atoms with Crippen molar-refractivity contribution in [2.24, 2.45) is 20.6 Å². The van der Waals surface area contributed by atoms with Crippen molar-refractivity contribution in [1.82, 2.24) is 5.01 Å². The van der Waals surface area contributed by atoms with Crippen LogP contribution in [0, 0.1) is 0 Å². The zero-order valence-corrected chi connectivity index (χ0v) is 21.3. The number of azo groups is 1. The van der Waals surface area contributed by atoms with E-state index in [2.05, 4.69) is 20.6 Å². The Bertz CT molecular complexity index is 1360. The highest BCUT2D eigenvalue weighted by Crippen LogP contribution is 2.33. The van der Waals surface area contributed by atoms with Crippen LogP contribution in [0.2, 0.25) is 0 Å². The second-order valence-electron chi connectivity index (χ2n) is 7.95. The van der Waals surface area contributed by atoms with E-state index in [-0.39, 0.29) is 11.3 Å². The molecule has 0 aliphatic heterocycles. The van der Waals surface area contributed by atoms with Crippen molar-refractivity contribution in [3.05, 3.63) is 72.8 Å². The van der Waals surface area contributed by atoms with Gasteiger partial charge in [-0.15, -0.1) is 8.74 Å². The Morgan fingerprint density at radius 3 is 1.89 bits per heavy atom. The minimum atomic E-state index is -4.77. The number of anilines is 1. The highest BCUT2D eigenvalue weighted by atomic mass is 32.3. The average Bonchev–Trinajstić information content (AvgIpc) is 2.82. The molecule has 1 atom stereocenters. The van der Waals surface area contributed by atoms with Crippen LogP contribution in [0.1, 0.15) is 6.42 Å². The fourth-order valence-corrected chi connectivity index (χ4v) is 5.77. The van der Waals surface area contributed by atoms with Crippen molar-refractivity contribution in [1.29, 1.82) is 0 Å². The molecule has 0 saturated carbocycles. The highest BCUT2D eigenvalue weighted by Gasteiger charge is 2.46. The SMILES string of the molecule is CN(C)N=NC1(S(=O)(=O)OS(=O)(=O)c2ccc(N=Nc3ccc(N(C)C)cc3)cc2)C=CC=CC1. The van der Waals surface area contributed by atoms with E-state index in [1.807, 2.05) is 31.1 Å². The number of hydrogen-bond acceptors (Lipinski definition) is 10. The summed E-state index contributed by atoms with van der Waals surface area (Å²) in [5, 5.41) is 17.1. The molecule has 1 aliphatic rings. The Hall–Kier alpha value is -3.42. The molecule has 0 amide bonds. The summed E-state index contributed by atoms with van der Waals surface area (Å²) >= 11 is 0. The quantitative estimate of drug-likeness (QED) is 0.356. The first kappa shape index (κ1) is 26.2. The van der Waals surface area contributed by atoms with Crippen LogP contribution in [0.4, 0.5) is 17.1 Å². The molecule has 0 saturated heterocycles. The van der Waals surface area contributed by atoms with E-state index in [1.165, 1.54) is 47.5 Å². The van der Waals surface area contributed by atoms with E-state index in [0.29, 0.717) is 11.4 Å². The van der Waals surface area contributed by atoms with Gasteiger partial charge in [-0.2, -0.15) is 27.1 Å². The summed E-state index contributed by atoms with van der Waals surface area (Å²) < 4.78 is 56.3. The summed E-state index contributed by atoms with van der Waals surface area (Å²) in [6.07, 6.45) is 5.71. The molecule has 0 radical (unpaired) electrons. The molecule has 0 heterocycles. The van der Waals surface area contributed by atoms with Gasteiger partial charge in [0, 0.05) is 40.3 Å². The molecule has 0 aromatic heterocycles. The lowest BCUT2D eigenvalue weighted by atomic mass is 10.1. The van der Waals surface area contributed by atoms with Gasteiger partial charge < -0.3 is 4.90 Å². The van der Waals surface area contributed by atoms with Gasteiger partial charge >= 0.3 is 20.2 Å². The first-order chi connectivity index (χ1) is 16.4. The van der Waals surface area contributed by atoms with Gasteiger partial charge in [0.2, 0.25) is 4.87 Å². The van der Waals surface area contributed by atoms with Crippen LogP contribution in [0.5, 0.6) is 0 Å². The van der Waals surface area contributed by atoms with E-state index >= 15 is 0 Å². The lowest BCUT2D eigenvalue weighted by molar-refractivity contribution is 0.374. The number of hydrogen-bond donors (Lipinski definition) is 0. The molecule has 0 bridgehead atoms. The van der Waals surface area contributed by atoms with Gasteiger partial charge in [-0.05, 0) is 54.6 Å². The first-order valence-corrected chi connectivity index (χ1v) is 13.2. The van der Waals surface area contributed by atoms with Gasteiger partial charge in [-0.25, -0.2) is 0 Å². The van der Waals surface area contributed by atoms with Crippen LogP contribution in [0.15, 0.2) is 98.3 Å². The lowest BCUT2D eigenvalue weighted by Crippen LogP contribution is -2.38. The van der Waals surface area contributed by atoms with Crippen LogP contribution in [0.25, 0.3) is 0 Å². The maximum absolute atomic E-state index is 13.0. The Morgan fingerprint density at radius 2 is 1.40 bits per heavy atom. The molecule has 1 unspecified atom stereocenters. The van der Waals surface area contributed by atoms with E-state index in [0.717, 1.165) is 5.69 Å². The highest BCUT2D eigenvalue weighted by molar-refractivity contribution is 8.00. The third kappa shape index (κ3) is 6.38. The summed E-state index contributed by atoms with van der Waals surface area (Å²) in [4.78, 5) is -0.406. The van der Waals surface area contributed by atoms with Gasteiger partial charge in [0.25, 0.3) is 0 Å². The molecular weight excluding hydrogens is 492 g/mol. The van der Waals surface area contributed by atoms with E-state index in [4.69, 9.17) is 3.63 Å². The lowest BCUT2D eigenvalue weighted by Gasteiger charge is -2.24. The van der Waals surface area contributed by atoms with Crippen LogP contribution in [-0.4, -0.2) is 54.9 Å². The molecule has 2 aromatic rings. The molecule has 0 spiro atoms. The summed E-state index contributed by atoms with van der Waals surface area (Å²) in [5.74, 6) is 0. The van der Waals surface area contributed by atoms with E-state index in [1.54, 1.807) is 32.3 Å². The molecule has 11 nitrogen and oxygen atoms in total. The van der Waals surface area contributed by atoms with E-state index < -0.39 is 25.1 Å². The third-order valence-corrected chi connectivity index (χ3v) is 8.32. The second-order valence-corrected chi connectivity index (χ2v) is 11.5. The van der Waals surface area contributed by atoms with Crippen molar-refractivity contribution in [3.63, 3.8) is 0 Å². The summed E-state index contributed by atoms with van der Waals surface area (Å²) in [6, 6.07) is 12.6. The third-order valence-electron chi connectivity index (χ3n) is 4.79. The van der Waals surface area contributed by atoms with Crippen molar-refractivity contribution in [2.45, 2.75) is 16.2 Å². The van der Waals surface area contributed by atoms with Gasteiger partial charge in [-0.1, -0.05) is 23.5 Å². The Kier molecular flexibility index (Phi) is 7.83. The molecule has 0 fully saturated rings. The molecule has 0 N–H and O–H groups in total. The number of benzene rings is 2. The molecule has 35 heavy (non-hydrogen) atoms. The maximum atomic E-state index is 13.0. The number of allylic oxidation sites excluding steroid dienone is 2. The number of nitrogens with zero attached hydrogens (tertiary/aromatic N) is 6. The fraction of sp³-hybridized carbons (Fsp3) is 0.273. The second kappa shape index (κ2) is 10.5. The Labute approximate surface area is 205 Å². The maximum Gasteiger partial charge on any atom is 0.314 e. The van der Waals surface area contributed by atoms with Gasteiger partial charge in [0.05, 0.1) is 16.3 Å². The Balaban J connectivity index is 1.79. The standard InChI is InChI=1S/C22H26N6O5S2/c1-27(2)20-12-8-18(9-13-20)23-24-19-10-14-21(15-11-19)34(29,30)33-35(31,32)22(25-26-28(3)4)16-6-5-7-17-22/h5-16H,17H2,1-4H3. The summed E-state index contributed by atoms with van der Waals surface area (Å²) in [5.41, 5.74) is 2.01. The minimum Gasteiger partial charge on any atom is -0.378 e. The number of rotatable bonds is 9. The summed E-state index contributed by atoms with van der Waals surface area (Å²) in [7, 11) is -2.48. The molecular formula is C22H26N6O5S2. The van der Waals surface area contributed by atoms with Crippen LogP contribution >= 0.6 is 0 Å². The van der Waals surface area contributed by atoms with Crippen molar-refractivity contribution >= 4 is 37.3 Å². The molecule has 1 aliphatic carbocycles. The largest absolute Gasteiger partial charge is 0.378 e. The topological polar surface area (TPSA) is 133 Å². The van der Waals surface area contributed by atoms with Crippen LogP contribution in [0.3, 0.4) is 0 Å². The van der Waals surface area contributed by atoms with Gasteiger partial charge in [0.15, 0.2) is 0 Å². The predicted molar refractivity (Wildman–Crippen MR) is 133 cm³/mol. The average molecular weight is 519 g/mol.